The van der Waals surface area contributed by atoms with Crippen LogP contribution in [0.4, 0.5) is 5.95 Å². The zero-order valence-electron chi connectivity index (χ0n) is 16.5. The van der Waals surface area contributed by atoms with Crippen LogP contribution in [0.1, 0.15) is 11.1 Å². The maximum atomic E-state index is 12.7. The van der Waals surface area contributed by atoms with E-state index in [1.54, 1.807) is 24.8 Å². The molecule has 1 fully saturated rings. The highest BCUT2D eigenvalue weighted by Crippen LogP contribution is 2.23. The number of anilines is 1. The molecular weight excluding hydrogens is 386 g/mol. The molecule has 0 unspecified atom stereocenters. The average Bonchev–Trinajstić information content (AvgIpc) is 3.23. The number of amides is 1. The van der Waals surface area contributed by atoms with Gasteiger partial charge in [0.1, 0.15) is 6.33 Å². The van der Waals surface area contributed by atoms with Gasteiger partial charge >= 0.3 is 0 Å². The Labute approximate surface area is 174 Å². The Hall–Kier alpha value is -2.94. The smallest absolute Gasteiger partial charge is 0.233 e. The second-order valence-electron chi connectivity index (χ2n) is 6.98. The third-order valence-corrected chi connectivity index (χ3v) is 5.86. The Morgan fingerprint density at radius 3 is 2.62 bits per heavy atom. The lowest BCUT2D eigenvalue weighted by Crippen LogP contribution is -2.49. The van der Waals surface area contributed by atoms with E-state index in [9.17, 15) is 4.79 Å². The summed E-state index contributed by atoms with van der Waals surface area (Å²) < 4.78 is 1.95. The molecule has 1 saturated heterocycles. The quantitative estimate of drug-likeness (QED) is 0.597. The van der Waals surface area contributed by atoms with Crippen molar-refractivity contribution < 1.29 is 4.79 Å². The van der Waals surface area contributed by atoms with E-state index in [1.165, 1.54) is 17.3 Å². The van der Waals surface area contributed by atoms with Gasteiger partial charge in [-0.25, -0.2) is 9.97 Å². The number of carbonyl (C=O) groups excluding carboxylic acids is 1. The number of aryl methyl sites for hydroxylation is 2. The monoisotopic (exact) mass is 409 g/mol. The highest BCUT2D eigenvalue weighted by Gasteiger charge is 2.23. The number of benzene rings is 1. The zero-order valence-corrected chi connectivity index (χ0v) is 17.3. The highest BCUT2D eigenvalue weighted by atomic mass is 32.2. The fraction of sp³-hybridized carbons (Fsp3) is 0.350. The molecule has 29 heavy (non-hydrogen) atoms. The molecule has 150 valence electrons. The van der Waals surface area contributed by atoms with Crippen molar-refractivity contribution in [3.05, 3.63) is 54.1 Å². The SMILES string of the molecule is Cc1ccc(C)c(-n2cnnc2SCC(=O)N2CCN(c3ncccn3)CC2)c1. The Balaban J connectivity index is 1.35. The molecule has 0 aliphatic carbocycles. The fourth-order valence-corrected chi connectivity index (χ4v) is 4.12. The first-order valence-corrected chi connectivity index (χ1v) is 10.5. The van der Waals surface area contributed by atoms with Crippen molar-refractivity contribution in [3.63, 3.8) is 0 Å². The molecular formula is C20H23N7OS. The minimum atomic E-state index is 0.110. The number of hydrogen-bond acceptors (Lipinski definition) is 7. The second kappa shape index (κ2) is 8.60. The number of piperazine rings is 1. The molecule has 0 spiro atoms. The van der Waals surface area contributed by atoms with Crippen molar-refractivity contribution in [1.82, 2.24) is 29.6 Å². The van der Waals surface area contributed by atoms with Gasteiger partial charge in [0.2, 0.25) is 11.9 Å². The molecule has 8 nitrogen and oxygen atoms in total. The topological polar surface area (TPSA) is 80.0 Å². The Morgan fingerprint density at radius 1 is 1.10 bits per heavy atom. The minimum absolute atomic E-state index is 0.110. The highest BCUT2D eigenvalue weighted by molar-refractivity contribution is 7.99. The summed E-state index contributed by atoms with van der Waals surface area (Å²) in [6, 6.07) is 8.08. The van der Waals surface area contributed by atoms with Crippen LogP contribution in [0.3, 0.4) is 0 Å². The van der Waals surface area contributed by atoms with E-state index in [0.29, 0.717) is 18.8 Å². The third kappa shape index (κ3) is 4.40. The number of hydrogen-bond donors (Lipinski definition) is 0. The average molecular weight is 410 g/mol. The van der Waals surface area contributed by atoms with Crippen LogP contribution >= 0.6 is 11.8 Å². The van der Waals surface area contributed by atoms with Crippen molar-refractivity contribution in [2.45, 2.75) is 19.0 Å². The first-order chi connectivity index (χ1) is 14.1. The predicted octanol–water partition coefficient (Wildman–Crippen LogP) is 2.12. The number of rotatable bonds is 5. The number of nitrogens with zero attached hydrogens (tertiary/aromatic N) is 7. The van der Waals surface area contributed by atoms with Gasteiger partial charge in [0, 0.05) is 38.6 Å². The summed E-state index contributed by atoms with van der Waals surface area (Å²) in [4.78, 5) is 25.3. The van der Waals surface area contributed by atoms with Crippen molar-refractivity contribution in [2.24, 2.45) is 0 Å². The van der Waals surface area contributed by atoms with Crippen molar-refractivity contribution in [3.8, 4) is 5.69 Å². The number of aromatic nitrogens is 5. The minimum Gasteiger partial charge on any atom is -0.338 e. The van der Waals surface area contributed by atoms with E-state index >= 15 is 0 Å². The van der Waals surface area contributed by atoms with Gasteiger partial charge in [-0.2, -0.15) is 0 Å². The Kier molecular flexibility index (Phi) is 5.75. The molecule has 1 aliphatic heterocycles. The molecule has 9 heteroatoms. The van der Waals surface area contributed by atoms with Crippen LogP contribution in [0.5, 0.6) is 0 Å². The fourth-order valence-electron chi connectivity index (χ4n) is 3.29. The third-order valence-electron chi connectivity index (χ3n) is 4.93. The molecule has 2 aromatic heterocycles. The van der Waals surface area contributed by atoms with Gasteiger partial charge in [0.25, 0.3) is 0 Å². The molecule has 0 radical (unpaired) electrons. The van der Waals surface area contributed by atoms with Crippen molar-refractivity contribution in [1.29, 1.82) is 0 Å². The Bertz CT molecular complexity index is 984. The van der Waals surface area contributed by atoms with Crippen LogP contribution in [-0.4, -0.2) is 67.5 Å². The summed E-state index contributed by atoms with van der Waals surface area (Å²) in [6.45, 7) is 6.93. The summed E-state index contributed by atoms with van der Waals surface area (Å²) in [5, 5.41) is 8.99. The summed E-state index contributed by atoms with van der Waals surface area (Å²) in [5.41, 5.74) is 3.36. The lowest BCUT2D eigenvalue weighted by molar-refractivity contribution is -0.128. The van der Waals surface area contributed by atoms with E-state index in [2.05, 4.69) is 57.1 Å². The van der Waals surface area contributed by atoms with Gasteiger partial charge in [0.05, 0.1) is 11.4 Å². The van der Waals surface area contributed by atoms with E-state index in [4.69, 9.17) is 0 Å². The largest absolute Gasteiger partial charge is 0.338 e. The second-order valence-corrected chi connectivity index (χ2v) is 7.92. The normalized spacial score (nSPS) is 14.3. The lowest BCUT2D eigenvalue weighted by Gasteiger charge is -2.34. The lowest BCUT2D eigenvalue weighted by atomic mass is 10.1. The van der Waals surface area contributed by atoms with E-state index in [0.717, 1.165) is 35.4 Å². The predicted molar refractivity (Wildman–Crippen MR) is 112 cm³/mol. The first kappa shape index (κ1) is 19.4. The van der Waals surface area contributed by atoms with Gasteiger partial charge in [-0.3, -0.25) is 9.36 Å². The van der Waals surface area contributed by atoms with E-state index in [1.807, 2.05) is 9.47 Å². The summed E-state index contributed by atoms with van der Waals surface area (Å²) in [6.07, 6.45) is 5.18. The number of carbonyl (C=O) groups is 1. The van der Waals surface area contributed by atoms with E-state index in [-0.39, 0.29) is 5.91 Å². The first-order valence-electron chi connectivity index (χ1n) is 9.52. The van der Waals surface area contributed by atoms with Gasteiger partial charge in [-0.05, 0) is 37.1 Å². The van der Waals surface area contributed by atoms with Crippen LogP contribution in [0.2, 0.25) is 0 Å². The zero-order chi connectivity index (χ0) is 20.2. The maximum Gasteiger partial charge on any atom is 0.233 e. The van der Waals surface area contributed by atoms with Crippen LogP contribution in [0.25, 0.3) is 5.69 Å². The van der Waals surface area contributed by atoms with Crippen LogP contribution in [0, 0.1) is 13.8 Å². The molecule has 1 amide bonds. The molecule has 3 heterocycles. The molecule has 3 aromatic rings. The summed E-state index contributed by atoms with van der Waals surface area (Å²) >= 11 is 1.42. The van der Waals surface area contributed by atoms with Gasteiger partial charge in [0.15, 0.2) is 5.16 Å². The van der Waals surface area contributed by atoms with Crippen molar-refractivity contribution in [2.75, 3.05) is 36.8 Å². The molecule has 4 rings (SSSR count). The summed E-state index contributed by atoms with van der Waals surface area (Å²) in [5.74, 6) is 1.17. The molecule has 0 N–H and O–H groups in total. The van der Waals surface area contributed by atoms with E-state index < -0.39 is 0 Å². The van der Waals surface area contributed by atoms with Gasteiger partial charge < -0.3 is 9.80 Å². The molecule has 0 saturated carbocycles. The standard InChI is InChI=1S/C20H23N7OS/c1-15-4-5-16(2)17(12-15)27-14-23-24-20(27)29-13-18(28)25-8-10-26(11-9-25)19-21-6-3-7-22-19/h3-7,12,14H,8-11,13H2,1-2H3. The Morgan fingerprint density at radius 2 is 1.86 bits per heavy atom. The molecule has 1 aromatic carbocycles. The maximum absolute atomic E-state index is 12.7. The number of thioether (sulfide) groups is 1. The molecule has 1 aliphatic rings. The van der Waals surface area contributed by atoms with Crippen LogP contribution in [0.15, 0.2) is 48.1 Å². The molecule has 0 atom stereocenters. The van der Waals surface area contributed by atoms with Crippen LogP contribution in [-0.2, 0) is 4.79 Å². The van der Waals surface area contributed by atoms with Crippen LogP contribution < -0.4 is 4.90 Å². The summed E-state index contributed by atoms with van der Waals surface area (Å²) in [7, 11) is 0. The van der Waals surface area contributed by atoms with Gasteiger partial charge in [-0.1, -0.05) is 23.9 Å². The van der Waals surface area contributed by atoms with Crippen molar-refractivity contribution >= 4 is 23.6 Å². The molecule has 0 bridgehead atoms. The van der Waals surface area contributed by atoms with Gasteiger partial charge in [-0.15, -0.1) is 10.2 Å².